The van der Waals surface area contributed by atoms with Crippen molar-refractivity contribution in [2.45, 2.75) is 47.5 Å². The predicted molar refractivity (Wildman–Crippen MR) is 62.1 cm³/mol. The first-order chi connectivity index (χ1) is 6.31. The standard InChI is InChI=1S/C7H17NO.2C2H6/c1-7(4-6-9)3-5-8-2;2*1-2/h7-9H,3-6H2,1-2H3;2*1-2H3. The molecule has 0 aliphatic heterocycles. The fourth-order valence-electron chi connectivity index (χ4n) is 0.755. The molecule has 0 aromatic carbocycles. The van der Waals surface area contributed by atoms with Gasteiger partial charge in [0.25, 0.3) is 0 Å². The van der Waals surface area contributed by atoms with E-state index in [0.29, 0.717) is 12.5 Å². The van der Waals surface area contributed by atoms with Crippen molar-refractivity contribution in [3.05, 3.63) is 0 Å². The van der Waals surface area contributed by atoms with Crippen LogP contribution >= 0.6 is 0 Å². The maximum atomic E-state index is 8.52. The lowest BCUT2D eigenvalue weighted by atomic mass is 10.1. The Kier molecular flexibility index (Phi) is 32.5. The first-order valence-corrected chi connectivity index (χ1v) is 5.56. The summed E-state index contributed by atoms with van der Waals surface area (Å²) < 4.78 is 0. The molecule has 0 heterocycles. The molecular weight excluding hydrogens is 162 g/mol. The molecule has 2 nitrogen and oxygen atoms in total. The molecule has 0 aliphatic carbocycles. The van der Waals surface area contributed by atoms with Gasteiger partial charge in [0.1, 0.15) is 0 Å². The van der Waals surface area contributed by atoms with Crippen molar-refractivity contribution in [2.24, 2.45) is 5.92 Å². The largest absolute Gasteiger partial charge is 0.396 e. The zero-order valence-corrected chi connectivity index (χ0v) is 10.4. The molecule has 0 rings (SSSR count). The van der Waals surface area contributed by atoms with Gasteiger partial charge < -0.3 is 10.4 Å². The quantitative estimate of drug-likeness (QED) is 0.700. The fourth-order valence-corrected chi connectivity index (χ4v) is 0.755. The van der Waals surface area contributed by atoms with Gasteiger partial charge in [-0.1, -0.05) is 34.6 Å². The van der Waals surface area contributed by atoms with Gasteiger partial charge in [-0.05, 0) is 32.4 Å². The Morgan fingerprint density at radius 2 is 1.54 bits per heavy atom. The van der Waals surface area contributed by atoms with Gasteiger partial charge in [-0.2, -0.15) is 0 Å². The molecule has 2 N–H and O–H groups in total. The summed E-state index contributed by atoms with van der Waals surface area (Å²) in [6.07, 6.45) is 2.10. The van der Waals surface area contributed by atoms with Crippen molar-refractivity contribution in [3.63, 3.8) is 0 Å². The van der Waals surface area contributed by atoms with Crippen molar-refractivity contribution >= 4 is 0 Å². The predicted octanol–water partition coefficient (Wildman–Crippen LogP) is 2.67. The van der Waals surface area contributed by atoms with Crippen LogP contribution in [0.25, 0.3) is 0 Å². The minimum Gasteiger partial charge on any atom is -0.396 e. The van der Waals surface area contributed by atoms with Crippen LogP contribution in [0.2, 0.25) is 0 Å². The molecule has 1 atom stereocenters. The highest BCUT2D eigenvalue weighted by Gasteiger charge is 1.97. The second-order valence-corrected chi connectivity index (χ2v) is 2.51. The zero-order valence-electron chi connectivity index (χ0n) is 10.4. The summed E-state index contributed by atoms with van der Waals surface area (Å²) in [6.45, 7) is 11.5. The van der Waals surface area contributed by atoms with Crippen LogP contribution in [-0.4, -0.2) is 25.3 Å². The van der Waals surface area contributed by atoms with E-state index in [1.807, 2.05) is 34.7 Å². The molecule has 0 bridgehead atoms. The molecule has 84 valence electrons. The van der Waals surface area contributed by atoms with E-state index in [1.165, 1.54) is 0 Å². The third-order valence-corrected chi connectivity index (χ3v) is 1.51. The summed E-state index contributed by atoms with van der Waals surface area (Å²) in [7, 11) is 1.95. The van der Waals surface area contributed by atoms with Gasteiger partial charge in [-0.25, -0.2) is 0 Å². The van der Waals surface area contributed by atoms with Crippen LogP contribution in [0.4, 0.5) is 0 Å². The molecule has 0 saturated heterocycles. The molecular formula is C11H29NO. The Morgan fingerprint density at radius 3 is 1.85 bits per heavy atom. The fraction of sp³-hybridized carbons (Fsp3) is 1.00. The second kappa shape index (κ2) is 22.7. The average Bonchev–Trinajstić information content (AvgIpc) is 2.21. The highest BCUT2D eigenvalue weighted by molar-refractivity contribution is 4.52. The Hall–Kier alpha value is -0.0800. The number of rotatable bonds is 5. The Balaban J connectivity index is -0.000000218. The molecule has 0 fully saturated rings. The molecule has 2 heteroatoms. The normalized spacial score (nSPS) is 10.4. The second-order valence-electron chi connectivity index (χ2n) is 2.51. The molecule has 0 aromatic rings. The Bertz CT molecular complexity index is 58.1. The Morgan fingerprint density at radius 1 is 1.08 bits per heavy atom. The summed E-state index contributed by atoms with van der Waals surface area (Å²) >= 11 is 0. The topological polar surface area (TPSA) is 32.3 Å². The summed E-state index contributed by atoms with van der Waals surface area (Å²) in [5.74, 6) is 0.655. The third kappa shape index (κ3) is 24.5. The van der Waals surface area contributed by atoms with Gasteiger partial charge in [0, 0.05) is 6.61 Å². The highest BCUT2D eigenvalue weighted by atomic mass is 16.3. The van der Waals surface area contributed by atoms with E-state index in [2.05, 4.69) is 12.2 Å². The minimum absolute atomic E-state index is 0.324. The SMILES string of the molecule is CC.CC.CNCCC(C)CCO. The van der Waals surface area contributed by atoms with Crippen molar-refractivity contribution in [1.29, 1.82) is 0 Å². The molecule has 0 aromatic heterocycles. The lowest BCUT2D eigenvalue weighted by Crippen LogP contribution is -2.12. The molecule has 0 aliphatic rings. The van der Waals surface area contributed by atoms with Crippen LogP contribution in [0.15, 0.2) is 0 Å². The smallest absolute Gasteiger partial charge is 0.0433 e. The first-order valence-electron chi connectivity index (χ1n) is 5.56. The van der Waals surface area contributed by atoms with Crippen molar-refractivity contribution < 1.29 is 5.11 Å². The van der Waals surface area contributed by atoms with Crippen LogP contribution in [0.1, 0.15) is 47.5 Å². The monoisotopic (exact) mass is 191 g/mol. The lowest BCUT2D eigenvalue weighted by Gasteiger charge is -2.07. The molecule has 1 unspecified atom stereocenters. The van der Waals surface area contributed by atoms with Crippen LogP contribution in [0, 0.1) is 5.92 Å². The van der Waals surface area contributed by atoms with E-state index in [0.717, 1.165) is 19.4 Å². The molecule has 0 saturated carbocycles. The van der Waals surface area contributed by atoms with E-state index < -0.39 is 0 Å². The number of hydrogen-bond donors (Lipinski definition) is 2. The van der Waals surface area contributed by atoms with E-state index in [9.17, 15) is 0 Å². The van der Waals surface area contributed by atoms with Crippen molar-refractivity contribution in [1.82, 2.24) is 5.32 Å². The molecule has 0 radical (unpaired) electrons. The summed E-state index contributed by atoms with van der Waals surface area (Å²) in [6, 6.07) is 0. The number of aliphatic hydroxyl groups is 1. The van der Waals surface area contributed by atoms with Crippen LogP contribution in [0.3, 0.4) is 0 Å². The van der Waals surface area contributed by atoms with E-state index in [1.54, 1.807) is 0 Å². The summed E-state index contributed by atoms with van der Waals surface area (Å²) in [5.41, 5.74) is 0. The number of nitrogens with one attached hydrogen (secondary N) is 1. The van der Waals surface area contributed by atoms with Gasteiger partial charge in [-0.15, -0.1) is 0 Å². The summed E-state index contributed by atoms with van der Waals surface area (Å²) in [5, 5.41) is 11.6. The molecule has 0 spiro atoms. The van der Waals surface area contributed by atoms with Crippen LogP contribution < -0.4 is 5.32 Å². The van der Waals surface area contributed by atoms with Crippen LogP contribution in [0.5, 0.6) is 0 Å². The van der Waals surface area contributed by atoms with E-state index in [-0.39, 0.29) is 0 Å². The highest BCUT2D eigenvalue weighted by Crippen LogP contribution is 2.03. The Labute approximate surface area is 84.7 Å². The van der Waals surface area contributed by atoms with Gasteiger partial charge in [0.2, 0.25) is 0 Å². The number of aliphatic hydroxyl groups excluding tert-OH is 1. The maximum Gasteiger partial charge on any atom is 0.0433 e. The minimum atomic E-state index is 0.324. The molecule has 0 amide bonds. The molecule has 13 heavy (non-hydrogen) atoms. The average molecular weight is 191 g/mol. The van der Waals surface area contributed by atoms with Gasteiger partial charge in [0.15, 0.2) is 0 Å². The van der Waals surface area contributed by atoms with Gasteiger partial charge >= 0.3 is 0 Å². The van der Waals surface area contributed by atoms with E-state index in [4.69, 9.17) is 5.11 Å². The van der Waals surface area contributed by atoms with Gasteiger partial charge in [0.05, 0.1) is 0 Å². The van der Waals surface area contributed by atoms with Gasteiger partial charge in [-0.3, -0.25) is 0 Å². The maximum absolute atomic E-state index is 8.52. The summed E-state index contributed by atoms with van der Waals surface area (Å²) in [4.78, 5) is 0. The van der Waals surface area contributed by atoms with Crippen molar-refractivity contribution in [2.75, 3.05) is 20.2 Å². The zero-order chi connectivity index (χ0) is 11.1. The number of hydrogen-bond acceptors (Lipinski definition) is 2. The van der Waals surface area contributed by atoms with Crippen LogP contribution in [-0.2, 0) is 0 Å². The van der Waals surface area contributed by atoms with Crippen molar-refractivity contribution in [3.8, 4) is 0 Å². The van der Waals surface area contributed by atoms with E-state index >= 15 is 0 Å². The first kappa shape index (κ1) is 18.7. The third-order valence-electron chi connectivity index (χ3n) is 1.51. The lowest BCUT2D eigenvalue weighted by molar-refractivity contribution is 0.258.